The van der Waals surface area contributed by atoms with Crippen LogP contribution in [0.2, 0.25) is 0 Å². The van der Waals surface area contributed by atoms with Crippen molar-refractivity contribution in [2.45, 2.75) is 19.5 Å². The molecule has 1 amide bonds. The maximum absolute atomic E-state index is 13.3. The SMILES string of the molecule is Cc1ccc(C2=C(O)C(=O)N(Cc3ccc(F)cc3)[C@@H]2c2ccccc2Br)cc1. The van der Waals surface area contributed by atoms with Gasteiger partial charge in [0.05, 0.1) is 6.04 Å². The lowest BCUT2D eigenvalue weighted by Crippen LogP contribution is -2.30. The number of hydrogen-bond donors (Lipinski definition) is 1. The van der Waals surface area contributed by atoms with Crippen LogP contribution in [0.4, 0.5) is 4.39 Å². The third-order valence-corrected chi connectivity index (χ3v) is 5.85. The van der Waals surface area contributed by atoms with Crippen molar-refractivity contribution < 1.29 is 14.3 Å². The van der Waals surface area contributed by atoms with Gasteiger partial charge in [0.1, 0.15) is 5.82 Å². The molecular formula is C24H19BrFNO2. The van der Waals surface area contributed by atoms with Gasteiger partial charge in [-0.3, -0.25) is 4.79 Å². The van der Waals surface area contributed by atoms with E-state index in [1.807, 2.05) is 55.5 Å². The number of aliphatic hydroxyl groups excluding tert-OH is 1. The third kappa shape index (κ3) is 3.70. The van der Waals surface area contributed by atoms with Gasteiger partial charge in [-0.15, -0.1) is 0 Å². The van der Waals surface area contributed by atoms with E-state index in [4.69, 9.17) is 0 Å². The maximum Gasteiger partial charge on any atom is 0.290 e. The number of halogens is 2. The summed E-state index contributed by atoms with van der Waals surface area (Å²) in [6, 6.07) is 21.0. The summed E-state index contributed by atoms with van der Waals surface area (Å²) >= 11 is 3.59. The second-order valence-electron chi connectivity index (χ2n) is 7.11. The molecule has 0 unspecified atom stereocenters. The topological polar surface area (TPSA) is 40.5 Å². The van der Waals surface area contributed by atoms with Crippen molar-refractivity contribution in [3.63, 3.8) is 0 Å². The summed E-state index contributed by atoms with van der Waals surface area (Å²) < 4.78 is 14.2. The van der Waals surface area contributed by atoms with E-state index in [0.29, 0.717) is 5.57 Å². The highest BCUT2D eigenvalue weighted by molar-refractivity contribution is 9.10. The molecule has 1 heterocycles. The second kappa shape index (κ2) is 7.84. The number of aryl methyl sites for hydroxylation is 1. The lowest BCUT2D eigenvalue weighted by molar-refractivity contribution is -0.130. The molecule has 0 aromatic heterocycles. The molecule has 1 atom stereocenters. The summed E-state index contributed by atoms with van der Waals surface area (Å²) in [5, 5.41) is 10.8. The number of rotatable bonds is 4. The molecule has 0 radical (unpaired) electrons. The van der Waals surface area contributed by atoms with Crippen LogP contribution in [0.5, 0.6) is 0 Å². The first-order valence-electron chi connectivity index (χ1n) is 9.25. The molecule has 5 heteroatoms. The molecule has 0 fully saturated rings. The largest absolute Gasteiger partial charge is 0.503 e. The molecule has 1 aliphatic heterocycles. The van der Waals surface area contributed by atoms with E-state index >= 15 is 0 Å². The van der Waals surface area contributed by atoms with Crippen LogP contribution in [0, 0.1) is 12.7 Å². The average molecular weight is 452 g/mol. The van der Waals surface area contributed by atoms with E-state index in [1.54, 1.807) is 17.0 Å². The Morgan fingerprint density at radius 2 is 1.66 bits per heavy atom. The lowest BCUT2D eigenvalue weighted by Gasteiger charge is -2.28. The number of amides is 1. The third-order valence-electron chi connectivity index (χ3n) is 5.13. The number of benzene rings is 3. The van der Waals surface area contributed by atoms with Gasteiger partial charge in [0.2, 0.25) is 0 Å². The Hall–Kier alpha value is -2.92. The zero-order valence-electron chi connectivity index (χ0n) is 15.8. The first-order chi connectivity index (χ1) is 14.0. The minimum atomic E-state index is -0.467. The number of carbonyl (C=O) groups excluding carboxylic acids is 1. The summed E-state index contributed by atoms with van der Waals surface area (Å²) in [4.78, 5) is 14.7. The van der Waals surface area contributed by atoms with Crippen LogP contribution in [-0.4, -0.2) is 15.9 Å². The monoisotopic (exact) mass is 451 g/mol. The summed E-state index contributed by atoms with van der Waals surface area (Å²) in [7, 11) is 0. The van der Waals surface area contributed by atoms with Crippen LogP contribution in [0.3, 0.4) is 0 Å². The fraction of sp³-hybridized carbons (Fsp3) is 0.125. The molecule has 1 N–H and O–H groups in total. The number of nitrogens with zero attached hydrogens (tertiary/aromatic N) is 1. The first kappa shape index (κ1) is 19.4. The summed E-state index contributed by atoms with van der Waals surface area (Å²) in [5.41, 5.74) is 4.13. The summed E-state index contributed by atoms with van der Waals surface area (Å²) in [6.45, 7) is 2.24. The van der Waals surface area contributed by atoms with Crippen molar-refractivity contribution in [3.05, 3.63) is 111 Å². The van der Waals surface area contributed by atoms with Crippen LogP contribution in [-0.2, 0) is 11.3 Å². The smallest absolute Gasteiger partial charge is 0.290 e. The quantitative estimate of drug-likeness (QED) is 0.532. The highest BCUT2D eigenvalue weighted by Crippen LogP contribution is 2.45. The van der Waals surface area contributed by atoms with E-state index in [9.17, 15) is 14.3 Å². The van der Waals surface area contributed by atoms with Crippen LogP contribution in [0.1, 0.15) is 28.3 Å². The fourth-order valence-electron chi connectivity index (χ4n) is 3.65. The van der Waals surface area contributed by atoms with Crippen molar-refractivity contribution in [1.29, 1.82) is 0 Å². The molecule has 0 aliphatic carbocycles. The molecule has 0 saturated heterocycles. The molecular weight excluding hydrogens is 433 g/mol. The molecule has 0 saturated carbocycles. The summed E-state index contributed by atoms with van der Waals surface area (Å²) in [6.07, 6.45) is 0. The van der Waals surface area contributed by atoms with Crippen molar-refractivity contribution in [2.75, 3.05) is 0 Å². The molecule has 3 aromatic rings. The van der Waals surface area contributed by atoms with Gasteiger partial charge < -0.3 is 10.0 Å². The van der Waals surface area contributed by atoms with Crippen LogP contribution >= 0.6 is 15.9 Å². The van der Waals surface area contributed by atoms with Gasteiger partial charge in [0.25, 0.3) is 5.91 Å². The average Bonchev–Trinajstić information content (AvgIpc) is 2.95. The van der Waals surface area contributed by atoms with E-state index in [2.05, 4.69) is 15.9 Å². The molecule has 3 nitrogen and oxygen atoms in total. The standard InChI is InChI=1S/C24H19BrFNO2/c1-15-6-10-17(11-7-15)21-22(19-4-2-3-5-20(19)25)27(24(29)23(21)28)14-16-8-12-18(26)13-9-16/h2-13,22,28H,14H2,1H3/t22-/m1/s1. The minimum Gasteiger partial charge on any atom is -0.503 e. The fourth-order valence-corrected chi connectivity index (χ4v) is 4.15. The molecule has 29 heavy (non-hydrogen) atoms. The normalized spacial score (nSPS) is 16.6. The highest BCUT2D eigenvalue weighted by atomic mass is 79.9. The number of carbonyl (C=O) groups is 1. The molecule has 3 aromatic carbocycles. The summed E-state index contributed by atoms with van der Waals surface area (Å²) in [5.74, 6) is -1.02. The van der Waals surface area contributed by atoms with Crippen molar-refractivity contribution in [3.8, 4) is 0 Å². The Labute approximate surface area is 177 Å². The minimum absolute atomic E-state index is 0.253. The van der Waals surface area contributed by atoms with E-state index in [1.165, 1.54) is 12.1 Å². The van der Waals surface area contributed by atoms with Crippen LogP contribution < -0.4 is 0 Å². The Balaban J connectivity index is 1.83. The predicted molar refractivity (Wildman–Crippen MR) is 115 cm³/mol. The number of aliphatic hydroxyl groups is 1. The van der Waals surface area contributed by atoms with Gasteiger partial charge in [-0.2, -0.15) is 0 Å². The zero-order valence-corrected chi connectivity index (χ0v) is 17.4. The van der Waals surface area contributed by atoms with Gasteiger partial charge >= 0.3 is 0 Å². The molecule has 146 valence electrons. The Morgan fingerprint density at radius 1 is 1.00 bits per heavy atom. The molecule has 0 spiro atoms. The van der Waals surface area contributed by atoms with Crippen molar-refractivity contribution in [1.82, 2.24) is 4.90 Å². The maximum atomic E-state index is 13.3. The van der Waals surface area contributed by atoms with Gasteiger partial charge in [-0.25, -0.2) is 4.39 Å². The van der Waals surface area contributed by atoms with E-state index in [0.717, 1.165) is 26.7 Å². The van der Waals surface area contributed by atoms with Crippen molar-refractivity contribution >= 4 is 27.4 Å². The predicted octanol–water partition coefficient (Wildman–Crippen LogP) is 5.95. The zero-order chi connectivity index (χ0) is 20.5. The number of hydrogen-bond acceptors (Lipinski definition) is 2. The van der Waals surface area contributed by atoms with Gasteiger partial charge in [0, 0.05) is 16.6 Å². The second-order valence-corrected chi connectivity index (χ2v) is 7.97. The Kier molecular flexibility index (Phi) is 5.24. The van der Waals surface area contributed by atoms with Gasteiger partial charge in [-0.05, 0) is 41.8 Å². The van der Waals surface area contributed by atoms with Crippen LogP contribution in [0.25, 0.3) is 5.57 Å². The van der Waals surface area contributed by atoms with Gasteiger partial charge in [0.15, 0.2) is 5.76 Å². The van der Waals surface area contributed by atoms with Gasteiger partial charge in [-0.1, -0.05) is 76.1 Å². The molecule has 4 rings (SSSR count). The molecule has 1 aliphatic rings. The van der Waals surface area contributed by atoms with E-state index in [-0.39, 0.29) is 18.1 Å². The Morgan fingerprint density at radius 3 is 2.31 bits per heavy atom. The molecule has 0 bridgehead atoms. The van der Waals surface area contributed by atoms with E-state index < -0.39 is 11.9 Å². The highest BCUT2D eigenvalue weighted by Gasteiger charge is 2.41. The Bertz CT molecular complexity index is 1090. The lowest BCUT2D eigenvalue weighted by atomic mass is 9.93. The van der Waals surface area contributed by atoms with Crippen LogP contribution in [0.15, 0.2) is 83.0 Å². The van der Waals surface area contributed by atoms with Crippen molar-refractivity contribution in [2.24, 2.45) is 0 Å². The first-order valence-corrected chi connectivity index (χ1v) is 10.0.